The van der Waals surface area contributed by atoms with Gasteiger partial charge in [-0.3, -0.25) is 14.2 Å². The monoisotopic (exact) mass is 497 g/mol. The van der Waals surface area contributed by atoms with Gasteiger partial charge in [0.1, 0.15) is 18.5 Å². The van der Waals surface area contributed by atoms with Gasteiger partial charge < -0.3 is 14.4 Å². The zero-order valence-electron chi connectivity index (χ0n) is 19.7. The lowest BCUT2D eigenvalue weighted by Gasteiger charge is -2.19. The summed E-state index contributed by atoms with van der Waals surface area (Å²) in [6, 6.07) is 17.5. The SMILES string of the molecule is CCn1c(=O)c(=O)n(C[C@@H](O)COc2cccc3ccccc23)c2cc(S(=O)(=O)N(C)C)ccc21. The smallest absolute Gasteiger partial charge is 0.317 e. The number of aryl methyl sites for hydroxylation is 1. The van der Waals surface area contributed by atoms with Gasteiger partial charge in [-0.25, -0.2) is 12.7 Å². The van der Waals surface area contributed by atoms with Crippen molar-refractivity contribution in [1.29, 1.82) is 0 Å². The van der Waals surface area contributed by atoms with Crippen molar-refractivity contribution in [3.05, 3.63) is 81.4 Å². The van der Waals surface area contributed by atoms with Gasteiger partial charge in [0.25, 0.3) is 0 Å². The lowest BCUT2D eigenvalue weighted by molar-refractivity contribution is 0.0932. The number of aromatic nitrogens is 2. The van der Waals surface area contributed by atoms with Crippen molar-refractivity contribution in [3.8, 4) is 5.75 Å². The lowest BCUT2D eigenvalue weighted by atomic mass is 10.1. The van der Waals surface area contributed by atoms with Gasteiger partial charge in [0.15, 0.2) is 0 Å². The van der Waals surface area contributed by atoms with E-state index in [2.05, 4.69) is 0 Å². The third-order valence-electron chi connectivity index (χ3n) is 5.87. The normalized spacial score (nSPS) is 12.9. The minimum atomic E-state index is -3.78. The molecule has 0 saturated carbocycles. The molecule has 0 aliphatic heterocycles. The molecule has 35 heavy (non-hydrogen) atoms. The standard InChI is InChI=1S/C25H27N3O6S/c1-4-27-21-13-12-19(35(32,33)26(2)3)14-22(21)28(25(31)24(27)30)15-18(29)16-34-23-11-7-9-17-8-5-6-10-20(17)23/h5-14,18,29H,4,15-16H2,1-3H3/t18-/m1/s1. The first-order valence-electron chi connectivity index (χ1n) is 11.1. The first kappa shape index (κ1) is 24.6. The van der Waals surface area contributed by atoms with E-state index in [1.807, 2.05) is 36.4 Å². The Hall–Kier alpha value is -3.47. The highest BCUT2D eigenvalue weighted by Gasteiger charge is 2.21. The maximum atomic E-state index is 13.0. The molecule has 4 aromatic rings. The Bertz CT molecular complexity index is 1620. The summed E-state index contributed by atoms with van der Waals surface area (Å²) in [5.74, 6) is 0.583. The quantitative estimate of drug-likeness (QED) is 0.373. The molecule has 9 nitrogen and oxygen atoms in total. The highest BCUT2D eigenvalue weighted by Crippen LogP contribution is 2.25. The molecule has 0 amide bonds. The van der Waals surface area contributed by atoms with Crippen molar-refractivity contribution >= 4 is 31.8 Å². The lowest BCUT2D eigenvalue weighted by Crippen LogP contribution is -2.43. The molecule has 3 aromatic carbocycles. The van der Waals surface area contributed by atoms with Gasteiger partial charge in [-0.2, -0.15) is 0 Å². The molecule has 0 bridgehead atoms. The van der Waals surface area contributed by atoms with E-state index in [-0.39, 0.29) is 30.1 Å². The van der Waals surface area contributed by atoms with Gasteiger partial charge in [-0.15, -0.1) is 0 Å². The third kappa shape index (κ3) is 4.60. The Morgan fingerprint density at radius 2 is 1.63 bits per heavy atom. The Labute approximate surface area is 202 Å². The number of sulfonamides is 1. The number of rotatable bonds is 8. The van der Waals surface area contributed by atoms with Crippen molar-refractivity contribution in [3.63, 3.8) is 0 Å². The van der Waals surface area contributed by atoms with Crippen LogP contribution in [0.15, 0.2) is 75.1 Å². The van der Waals surface area contributed by atoms with E-state index < -0.39 is 27.2 Å². The van der Waals surface area contributed by atoms with E-state index in [0.717, 1.165) is 19.6 Å². The molecule has 0 unspecified atom stereocenters. The van der Waals surface area contributed by atoms with Crippen LogP contribution in [0.25, 0.3) is 21.8 Å². The van der Waals surface area contributed by atoms with Crippen LogP contribution in [0.1, 0.15) is 6.92 Å². The molecule has 0 fully saturated rings. The fraction of sp³-hybridized carbons (Fsp3) is 0.280. The Kier molecular flexibility index (Phi) is 6.79. The summed E-state index contributed by atoms with van der Waals surface area (Å²) in [4.78, 5) is 25.7. The number of hydrogen-bond acceptors (Lipinski definition) is 6. The molecule has 1 heterocycles. The summed E-state index contributed by atoms with van der Waals surface area (Å²) in [5.41, 5.74) is -0.950. The maximum absolute atomic E-state index is 13.0. The molecule has 1 N–H and O–H groups in total. The predicted octanol–water partition coefficient (Wildman–Crippen LogP) is 2.03. The van der Waals surface area contributed by atoms with Crippen molar-refractivity contribution in [1.82, 2.24) is 13.4 Å². The summed E-state index contributed by atoms with van der Waals surface area (Å²) >= 11 is 0. The zero-order valence-corrected chi connectivity index (χ0v) is 20.5. The van der Waals surface area contributed by atoms with Gasteiger partial charge in [-0.05, 0) is 36.6 Å². The van der Waals surface area contributed by atoms with Crippen LogP contribution < -0.4 is 15.9 Å². The Balaban J connectivity index is 1.72. The predicted molar refractivity (Wildman–Crippen MR) is 134 cm³/mol. The largest absolute Gasteiger partial charge is 0.490 e. The van der Waals surface area contributed by atoms with Crippen LogP contribution >= 0.6 is 0 Å². The van der Waals surface area contributed by atoms with Crippen molar-refractivity contribution < 1.29 is 18.3 Å². The van der Waals surface area contributed by atoms with Gasteiger partial charge in [0.2, 0.25) is 10.0 Å². The number of aliphatic hydroxyl groups excluding tert-OH is 1. The highest BCUT2D eigenvalue weighted by molar-refractivity contribution is 7.89. The summed E-state index contributed by atoms with van der Waals surface area (Å²) in [6.07, 6.45) is -1.14. The molecule has 184 valence electrons. The Morgan fingerprint density at radius 1 is 0.943 bits per heavy atom. The molecule has 4 rings (SSSR count). The molecule has 0 spiro atoms. The first-order valence-corrected chi connectivity index (χ1v) is 12.6. The summed E-state index contributed by atoms with van der Waals surface area (Å²) in [6.45, 7) is 1.58. The van der Waals surface area contributed by atoms with E-state index in [1.165, 1.54) is 36.9 Å². The van der Waals surface area contributed by atoms with Crippen LogP contribution in [0.3, 0.4) is 0 Å². The third-order valence-corrected chi connectivity index (χ3v) is 7.68. The first-order chi connectivity index (χ1) is 16.6. The van der Waals surface area contributed by atoms with E-state index in [9.17, 15) is 23.1 Å². The number of ether oxygens (including phenoxy) is 1. The number of fused-ring (bicyclic) bond motifs is 2. The van der Waals surface area contributed by atoms with Crippen LogP contribution in [0, 0.1) is 0 Å². The van der Waals surface area contributed by atoms with Gasteiger partial charge in [0.05, 0.1) is 22.5 Å². The molecule has 0 aliphatic rings. The number of benzene rings is 3. The van der Waals surface area contributed by atoms with Gasteiger partial charge in [0, 0.05) is 26.0 Å². The molecule has 1 atom stereocenters. The van der Waals surface area contributed by atoms with Crippen LogP contribution in [0.2, 0.25) is 0 Å². The van der Waals surface area contributed by atoms with E-state index in [0.29, 0.717) is 11.3 Å². The fourth-order valence-corrected chi connectivity index (χ4v) is 4.96. The average Bonchev–Trinajstić information content (AvgIpc) is 2.85. The molecule has 1 aromatic heterocycles. The number of aliphatic hydroxyl groups is 1. The average molecular weight is 498 g/mol. The van der Waals surface area contributed by atoms with E-state index >= 15 is 0 Å². The molecular formula is C25H27N3O6S. The second-order valence-electron chi connectivity index (χ2n) is 8.35. The van der Waals surface area contributed by atoms with Crippen LogP contribution in [0.4, 0.5) is 0 Å². The molecule has 0 saturated heterocycles. The van der Waals surface area contributed by atoms with Crippen LogP contribution in [-0.2, 0) is 23.1 Å². The minimum absolute atomic E-state index is 0.0223. The summed E-state index contributed by atoms with van der Waals surface area (Å²) < 4.78 is 34.7. The van der Waals surface area contributed by atoms with Crippen LogP contribution in [-0.4, -0.2) is 53.8 Å². The van der Waals surface area contributed by atoms with Crippen LogP contribution in [0.5, 0.6) is 5.75 Å². The molecule has 0 aliphatic carbocycles. The Morgan fingerprint density at radius 3 is 2.34 bits per heavy atom. The highest BCUT2D eigenvalue weighted by atomic mass is 32.2. The molecular weight excluding hydrogens is 470 g/mol. The van der Waals surface area contributed by atoms with Gasteiger partial charge >= 0.3 is 11.1 Å². The van der Waals surface area contributed by atoms with E-state index in [1.54, 1.807) is 13.0 Å². The zero-order chi connectivity index (χ0) is 25.3. The van der Waals surface area contributed by atoms with E-state index in [4.69, 9.17) is 4.74 Å². The number of hydrogen-bond donors (Lipinski definition) is 1. The van der Waals surface area contributed by atoms with Gasteiger partial charge in [-0.1, -0.05) is 36.4 Å². The van der Waals surface area contributed by atoms with Crippen molar-refractivity contribution in [2.24, 2.45) is 0 Å². The summed E-state index contributed by atoms with van der Waals surface area (Å²) in [5, 5.41) is 12.6. The molecule has 0 radical (unpaired) electrons. The molecule has 10 heteroatoms. The second-order valence-corrected chi connectivity index (χ2v) is 10.5. The van der Waals surface area contributed by atoms with Crippen molar-refractivity contribution in [2.45, 2.75) is 31.0 Å². The topological polar surface area (TPSA) is 111 Å². The number of nitrogens with zero attached hydrogens (tertiary/aromatic N) is 3. The fourth-order valence-electron chi connectivity index (χ4n) is 4.03. The van der Waals surface area contributed by atoms with Crippen molar-refractivity contribution in [2.75, 3.05) is 20.7 Å². The minimum Gasteiger partial charge on any atom is -0.490 e. The maximum Gasteiger partial charge on any atom is 0.317 e. The second kappa shape index (κ2) is 9.65. The summed E-state index contributed by atoms with van der Waals surface area (Å²) in [7, 11) is -0.958.